The molecule has 0 radical (unpaired) electrons. The minimum absolute atomic E-state index is 0.00118. The third kappa shape index (κ3) is 6.76. The molecular formula is C28H32N6O7. The van der Waals surface area contributed by atoms with Crippen molar-refractivity contribution in [2.45, 2.75) is 44.6 Å². The van der Waals surface area contributed by atoms with Crippen LogP contribution < -0.4 is 16.8 Å². The number of carboxylic acid groups (broad SMARTS) is 1. The fraction of sp³-hybridized carbons (Fsp3) is 0.357. The van der Waals surface area contributed by atoms with Gasteiger partial charge in [0, 0.05) is 42.1 Å². The Morgan fingerprint density at radius 1 is 1.10 bits per heavy atom. The van der Waals surface area contributed by atoms with Gasteiger partial charge in [0.05, 0.1) is 17.8 Å². The van der Waals surface area contributed by atoms with Gasteiger partial charge >= 0.3 is 5.97 Å². The van der Waals surface area contributed by atoms with Gasteiger partial charge in [-0.25, -0.2) is 9.79 Å². The van der Waals surface area contributed by atoms with E-state index in [0.717, 1.165) is 0 Å². The number of ketones is 1. The number of nitrogens with zero attached hydrogens (tertiary/aromatic N) is 3. The van der Waals surface area contributed by atoms with Crippen LogP contribution in [0, 0.1) is 5.92 Å². The first-order valence-electron chi connectivity index (χ1n) is 13.1. The summed E-state index contributed by atoms with van der Waals surface area (Å²) in [4.78, 5) is 56.2. The van der Waals surface area contributed by atoms with Crippen LogP contribution in [-0.2, 0) is 19.1 Å². The number of amidine groups is 1. The van der Waals surface area contributed by atoms with E-state index >= 15 is 0 Å². The first-order valence-corrected chi connectivity index (χ1v) is 13.1. The Labute approximate surface area is 235 Å². The number of hydrogen-bond acceptors (Lipinski definition) is 9. The fourth-order valence-corrected chi connectivity index (χ4v) is 4.82. The first-order chi connectivity index (χ1) is 19.6. The van der Waals surface area contributed by atoms with Crippen molar-refractivity contribution in [3.8, 4) is 0 Å². The smallest absolute Gasteiger partial charge is 0.354 e. The number of aliphatic carboxylic acids is 1. The Morgan fingerprint density at radius 3 is 2.34 bits per heavy atom. The summed E-state index contributed by atoms with van der Waals surface area (Å²) >= 11 is 0. The van der Waals surface area contributed by atoms with E-state index in [0.29, 0.717) is 48.3 Å². The second-order valence-electron chi connectivity index (χ2n) is 9.98. The van der Waals surface area contributed by atoms with Gasteiger partial charge < -0.3 is 36.7 Å². The maximum Gasteiger partial charge on any atom is 0.354 e. The Morgan fingerprint density at radius 2 is 1.73 bits per heavy atom. The average molecular weight is 565 g/mol. The number of ether oxygens (including phenoxy) is 1. The fourth-order valence-electron chi connectivity index (χ4n) is 4.82. The summed E-state index contributed by atoms with van der Waals surface area (Å²) in [7, 11) is 0. The number of Topliss-reactive ketones (excluding diaryl/α,β-unsaturated/α-hetero) is 1. The Bertz CT molecular complexity index is 1380. The highest BCUT2D eigenvalue weighted by atomic mass is 16.5. The summed E-state index contributed by atoms with van der Waals surface area (Å²) in [6.45, 7) is 2.30. The molecule has 2 aliphatic heterocycles. The average Bonchev–Trinajstić information content (AvgIpc) is 3.32. The summed E-state index contributed by atoms with van der Waals surface area (Å²) in [5.41, 5.74) is 13.8. The lowest BCUT2D eigenvalue weighted by molar-refractivity contribution is -0.162. The van der Waals surface area contributed by atoms with Gasteiger partial charge in [-0.3, -0.25) is 14.4 Å². The normalized spacial score (nSPS) is 18.7. The van der Waals surface area contributed by atoms with Gasteiger partial charge in [0.15, 0.2) is 11.6 Å². The van der Waals surface area contributed by atoms with Crippen LogP contribution in [0.4, 0.5) is 5.69 Å². The van der Waals surface area contributed by atoms with Crippen LogP contribution in [0.2, 0.25) is 0 Å². The Balaban J connectivity index is 1.27. The number of carboxylic acids is 1. The molecule has 1 saturated heterocycles. The van der Waals surface area contributed by atoms with Crippen molar-refractivity contribution in [3.63, 3.8) is 0 Å². The standard InChI is InChI=1S/C28H32N6O7/c1-15(14-21(35)16-6-8-17(9-7-16)24(30)33-40)27(37)34-12-10-18(11-13-34)41-26(28(38)39)32-25(36)23-22(29)19-4-2-3-5-20(19)31-23/h2-9,15,18,22,26,40H,10-14,29H2,1H3,(H2,30,33)(H,32,36)(H,38,39)/t15?,22?,26-/m0/s1. The number of carbonyl (C=O) groups is 4. The minimum atomic E-state index is -1.62. The monoisotopic (exact) mass is 564 g/mol. The number of piperidine rings is 1. The van der Waals surface area contributed by atoms with Crippen LogP contribution in [0.1, 0.15) is 53.7 Å². The first kappa shape index (κ1) is 29.4. The van der Waals surface area contributed by atoms with E-state index in [2.05, 4.69) is 15.5 Å². The van der Waals surface area contributed by atoms with Gasteiger partial charge in [0.1, 0.15) is 5.71 Å². The number of fused-ring (bicyclic) bond motifs is 1. The second kappa shape index (κ2) is 12.7. The van der Waals surface area contributed by atoms with E-state index in [9.17, 15) is 24.3 Å². The van der Waals surface area contributed by atoms with Crippen LogP contribution in [0.15, 0.2) is 58.7 Å². The lowest BCUT2D eigenvalue weighted by atomic mass is 9.96. The molecule has 13 nitrogen and oxygen atoms in total. The van der Waals surface area contributed by atoms with Crippen molar-refractivity contribution in [2.24, 2.45) is 27.5 Å². The number of nitrogens with one attached hydrogen (secondary N) is 1. The predicted molar refractivity (Wildman–Crippen MR) is 148 cm³/mol. The molecule has 1 fully saturated rings. The van der Waals surface area contributed by atoms with Gasteiger partial charge in [-0.05, 0) is 18.9 Å². The molecular weight excluding hydrogens is 532 g/mol. The minimum Gasteiger partial charge on any atom is -0.478 e. The number of nitrogens with two attached hydrogens (primary N) is 2. The molecule has 0 aromatic heterocycles. The topological polar surface area (TPSA) is 210 Å². The highest BCUT2D eigenvalue weighted by Crippen LogP contribution is 2.32. The zero-order chi connectivity index (χ0) is 29.7. The van der Waals surface area contributed by atoms with Gasteiger partial charge in [0.2, 0.25) is 12.1 Å². The van der Waals surface area contributed by atoms with Crippen molar-refractivity contribution >= 4 is 40.8 Å². The number of likely N-dealkylation sites (tertiary alicyclic amines) is 1. The van der Waals surface area contributed by atoms with Crippen LogP contribution in [0.5, 0.6) is 0 Å². The number of carbonyl (C=O) groups excluding carboxylic acids is 3. The Kier molecular flexibility index (Phi) is 9.10. The summed E-state index contributed by atoms with van der Waals surface area (Å²) in [5.74, 6) is -3.16. The maximum atomic E-state index is 13.0. The number of rotatable bonds is 10. The third-order valence-electron chi connectivity index (χ3n) is 7.13. The predicted octanol–water partition coefficient (Wildman–Crippen LogP) is 1.31. The van der Waals surface area contributed by atoms with Crippen molar-refractivity contribution in [3.05, 3.63) is 65.2 Å². The molecule has 2 unspecified atom stereocenters. The highest BCUT2D eigenvalue weighted by Gasteiger charge is 2.34. The quantitative estimate of drug-likeness (QED) is 0.0702. The molecule has 2 aromatic rings. The van der Waals surface area contributed by atoms with Crippen LogP contribution in [-0.4, -0.2) is 75.7 Å². The second-order valence-corrected chi connectivity index (χ2v) is 9.98. The van der Waals surface area contributed by atoms with E-state index in [1.54, 1.807) is 60.4 Å². The lowest BCUT2D eigenvalue weighted by Gasteiger charge is -2.34. The largest absolute Gasteiger partial charge is 0.478 e. The molecule has 41 heavy (non-hydrogen) atoms. The molecule has 2 aromatic carbocycles. The van der Waals surface area contributed by atoms with E-state index in [4.69, 9.17) is 21.4 Å². The number of hydrogen-bond donors (Lipinski definition) is 5. The molecule has 216 valence electrons. The maximum absolute atomic E-state index is 13.0. The van der Waals surface area contributed by atoms with Crippen LogP contribution in [0.25, 0.3) is 0 Å². The number of aliphatic imine (C=N–C) groups is 1. The molecule has 7 N–H and O–H groups in total. The van der Waals surface area contributed by atoms with Crippen molar-refractivity contribution < 1.29 is 34.2 Å². The molecule has 2 amide bonds. The summed E-state index contributed by atoms with van der Waals surface area (Å²) < 4.78 is 5.69. The third-order valence-corrected chi connectivity index (χ3v) is 7.13. The van der Waals surface area contributed by atoms with Gasteiger partial charge in [-0.1, -0.05) is 54.5 Å². The van der Waals surface area contributed by atoms with E-state index in [1.165, 1.54) is 0 Å². The summed E-state index contributed by atoms with van der Waals surface area (Å²) in [5, 5.41) is 23.7. The van der Waals surface area contributed by atoms with Crippen molar-refractivity contribution in [1.29, 1.82) is 0 Å². The van der Waals surface area contributed by atoms with Crippen molar-refractivity contribution in [1.82, 2.24) is 10.2 Å². The molecule has 2 heterocycles. The van der Waals surface area contributed by atoms with Gasteiger partial charge in [0.25, 0.3) is 5.91 Å². The van der Waals surface area contributed by atoms with E-state index in [-0.39, 0.29) is 29.7 Å². The van der Waals surface area contributed by atoms with E-state index < -0.39 is 36.2 Å². The lowest BCUT2D eigenvalue weighted by Crippen LogP contribution is -2.50. The molecule has 13 heteroatoms. The molecule has 2 aliphatic rings. The highest BCUT2D eigenvalue weighted by molar-refractivity contribution is 6.42. The number of oxime groups is 1. The summed E-state index contributed by atoms with van der Waals surface area (Å²) in [6, 6.07) is 12.5. The molecule has 0 saturated carbocycles. The molecule has 3 atom stereocenters. The number of benzene rings is 2. The molecule has 0 bridgehead atoms. The number of para-hydroxylation sites is 1. The SMILES string of the molecule is CC(CC(=O)c1ccc(/C(N)=N/O)cc1)C(=O)N1CCC(O[C@H](NC(=O)C2=Nc3ccccc3C2N)C(=O)O)CC1. The van der Waals surface area contributed by atoms with Crippen LogP contribution in [0.3, 0.4) is 0 Å². The van der Waals surface area contributed by atoms with Gasteiger partial charge in [-0.15, -0.1) is 0 Å². The number of amides is 2. The van der Waals surface area contributed by atoms with E-state index in [1.807, 2.05) is 0 Å². The van der Waals surface area contributed by atoms with Gasteiger partial charge in [-0.2, -0.15) is 0 Å². The zero-order valence-corrected chi connectivity index (χ0v) is 22.4. The molecule has 0 aliphatic carbocycles. The molecule has 4 rings (SSSR count). The summed E-state index contributed by atoms with van der Waals surface area (Å²) in [6.07, 6.45) is -1.42. The zero-order valence-electron chi connectivity index (χ0n) is 22.4. The molecule has 0 spiro atoms. The van der Waals surface area contributed by atoms with Crippen molar-refractivity contribution in [2.75, 3.05) is 13.1 Å². The Hall–Kier alpha value is -4.62. The van der Waals surface area contributed by atoms with Crippen LogP contribution >= 0.6 is 0 Å².